The van der Waals surface area contributed by atoms with Gasteiger partial charge in [-0.15, -0.1) is 0 Å². The summed E-state index contributed by atoms with van der Waals surface area (Å²) in [5.74, 6) is -3.83. The fourth-order valence-corrected chi connectivity index (χ4v) is 24.3. The number of rotatable bonds is 12. The molecule has 1 aliphatic carbocycles. The first-order valence-corrected chi connectivity index (χ1v) is 29.6. The molecular formula is C49H63NO10Sn. The average molecular weight is 945 g/mol. The molecule has 3 heterocycles. The Morgan fingerprint density at radius 3 is 2.15 bits per heavy atom. The number of allylic oxidation sites excluding steroid dienone is 5. The predicted molar refractivity (Wildman–Crippen MR) is 238 cm³/mol. The van der Waals surface area contributed by atoms with Crippen LogP contribution in [-0.4, -0.2) is 76.3 Å². The first-order valence-electron chi connectivity index (χ1n) is 22.1. The van der Waals surface area contributed by atoms with Crippen LogP contribution in [0.3, 0.4) is 0 Å². The van der Waals surface area contributed by atoms with Crippen LogP contribution in [0, 0.1) is 12.8 Å². The van der Waals surface area contributed by atoms with E-state index in [0.29, 0.717) is 19.3 Å². The number of hydrogen-bond donors (Lipinski definition) is 3. The van der Waals surface area contributed by atoms with Gasteiger partial charge in [-0.25, -0.2) is 0 Å². The van der Waals surface area contributed by atoms with Gasteiger partial charge in [0.25, 0.3) is 0 Å². The van der Waals surface area contributed by atoms with E-state index in [1.54, 1.807) is 37.3 Å². The molecule has 1 amide bonds. The molecule has 61 heavy (non-hydrogen) atoms. The number of unbranched alkanes of at least 4 members (excludes halogenated alkanes) is 3. The summed E-state index contributed by atoms with van der Waals surface area (Å²) in [5.41, 5.74) is -0.528. The Hall–Kier alpha value is -4.33. The number of amides is 1. The molecule has 4 unspecified atom stereocenters. The molecule has 0 saturated carbocycles. The number of ketones is 3. The van der Waals surface area contributed by atoms with Crippen LogP contribution in [0.15, 0.2) is 72.2 Å². The summed E-state index contributed by atoms with van der Waals surface area (Å²) < 4.78 is 23.0. The summed E-state index contributed by atoms with van der Waals surface area (Å²) >= 11 is -2.82. The van der Waals surface area contributed by atoms with E-state index in [-0.39, 0.29) is 69.3 Å². The summed E-state index contributed by atoms with van der Waals surface area (Å²) in [6.07, 6.45) is 15.0. The summed E-state index contributed by atoms with van der Waals surface area (Å²) in [6, 6.07) is 7.75. The van der Waals surface area contributed by atoms with Gasteiger partial charge in [-0.1, -0.05) is 25.2 Å². The van der Waals surface area contributed by atoms with Crippen molar-refractivity contribution in [2.24, 2.45) is 5.92 Å². The van der Waals surface area contributed by atoms with Crippen LogP contribution in [0.4, 0.5) is 0 Å². The van der Waals surface area contributed by atoms with Crippen molar-refractivity contribution in [3.05, 3.63) is 100.0 Å². The van der Waals surface area contributed by atoms with Gasteiger partial charge in [0.05, 0.1) is 18.5 Å². The molecule has 3 N–H and O–H groups in total. The molecule has 6 rings (SSSR count). The van der Waals surface area contributed by atoms with E-state index < -0.39 is 66.1 Å². The van der Waals surface area contributed by atoms with Crippen LogP contribution in [0.1, 0.15) is 152 Å². The molecule has 5 bridgehead atoms. The third kappa shape index (κ3) is 11.6. The van der Waals surface area contributed by atoms with Crippen molar-refractivity contribution in [1.29, 1.82) is 0 Å². The minimum atomic E-state index is -2.82. The maximum absolute atomic E-state index is 14.4. The van der Waals surface area contributed by atoms with Crippen LogP contribution in [0.5, 0.6) is 11.5 Å². The monoisotopic (exact) mass is 945 g/mol. The Labute approximate surface area is 364 Å². The third-order valence-corrected chi connectivity index (χ3v) is 27.8. The first kappa shape index (κ1) is 47.7. The summed E-state index contributed by atoms with van der Waals surface area (Å²) in [4.78, 5) is 69.8. The molecule has 0 saturated heterocycles. The van der Waals surface area contributed by atoms with E-state index in [1.165, 1.54) is 55.4 Å². The fraction of sp³-hybridized carbons (Fsp3) is 0.490. The molecule has 0 radical (unpaired) electrons. The second kappa shape index (κ2) is 22.1. The number of aliphatic hydroxyl groups is 2. The number of hydrogen-bond acceptors (Lipinski definition) is 10. The maximum atomic E-state index is 14.4. The third-order valence-electron chi connectivity index (χ3n) is 12.1. The topological polar surface area (TPSA) is 166 Å². The van der Waals surface area contributed by atoms with Crippen molar-refractivity contribution in [3.8, 4) is 11.5 Å². The zero-order valence-electron chi connectivity index (χ0n) is 36.6. The molecule has 11 nitrogen and oxygen atoms in total. The van der Waals surface area contributed by atoms with Crippen molar-refractivity contribution in [2.45, 2.75) is 144 Å². The van der Waals surface area contributed by atoms with Gasteiger partial charge in [-0.3, -0.25) is 4.79 Å². The van der Waals surface area contributed by atoms with E-state index in [4.69, 9.17) is 14.2 Å². The zero-order valence-corrected chi connectivity index (χ0v) is 39.5. The van der Waals surface area contributed by atoms with Crippen molar-refractivity contribution in [2.75, 3.05) is 0 Å². The molecule has 2 aromatic rings. The average Bonchev–Trinajstić information content (AvgIpc) is 3.57. The molecule has 12 heteroatoms. The Kier molecular flexibility index (Phi) is 17.3. The second-order valence-corrected chi connectivity index (χ2v) is 30.2. The quantitative estimate of drug-likeness (QED) is 0.106. The van der Waals surface area contributed by atoms with Gasteiger partial charge in [0.1, 0.15) is 0 Å². The van der Waals surface area contributed by atoms with Crippen LogP contribution in [0.2, 0.25) is 13.3 Å². The SMILES string of the molecule is CCC[CH2][Sn]([CH2]CCC)([CH2]CCC)[c]1ccc(C(=O)Oc2c(C)c3c4c5c2C(=O)C(=CC5=O)NC(=O)/C(C)=C/C=C/CC(O)CC(O)CCC(C)C/C=C/OC(O3)C4=O)cc1. The van der Waals surface area contributed by atoms with Crippen molar-refractivity contribution in [3.63, 3.8) is 0 Å². The molecule has 0 fully saturated rings. The Morgan fingerprint density at radius 2 is 1.51 bits per heavy atom. The second-order valence-electron chi connectivity index (χ2n) is 17.0. The summed E-state index contributed by atoms with van der Waals surface area (Å²) in [5, 5.41) is 23.5. The first-order chi connectivity index (χ1) is 29.2. The van der Waals surface area contributed by atoms with Crippen molar-refractivity contribution < 1.29 is 48.4 Å². The van der Waals surface area contributed by atoms with Crippen molar-refractivity contribution in [1.82, 2.24) is 5.32 Å². The normalized spacial score (nSPS) is 23.3. The predicted octanol–water partition coefficient (Wildman–Crippen LogP) is 8.91. The van der Waals surface area contributed by atoms with Crippen LogP contribution in [-0.2, 0) is 9.53 Å². The molecular weight excluding hydrogens is 881 g/mol. The standard InChI is InChI=1S/C37H36NO10.3C4H9.Sn/c1-20-10-9-17-46-37-32(43)30-28-27(41)19-26(38-35(44)21(2)11-7-8-14-24(39)18-25(40)16-15-20)31(42)29(28)33(22(3)34(30)48-37)47-36(45)23-12-5-4-6-13-23;3*1-3-4-2;/h5-9,11-13,17,19-20,24-25,37,39-40H,10,14-16,18H2,1-3H3,(H,38,44);3*1,3-4H2,2H3;/b8-7+,17-9+,21-11+;;;;. The number of Topliss-reactive ketones (excluding diaryl/α,β-unsaturated/α-hetero) is 2. The number of benzene rings is 2. The zero-order chi connectivity index (χ0) is 44.3. The van der Waals surface area contributed by atoms with Crippen molar-refractivity contribution >= 4 is 51.2 Å². The molecule has 4 atom stereocenters. The Morgan fingerprint density at radius 1 is 0.852 bits per heavy atom. The van der Waals surface area contributed by atoms with Gasteiger partial charge in [0.2, 0.25) is 0 Å². The van der Waals surface area contributed by atoms with E-state index in [1.807, 2.05) is 6.92 Å². The molecule has 4 aliphatic rings. The minimum absolute atomic E-state index is 0.0374. The fourth-order valence-electron chi connectivity index (χ4n) is 8.41. The molecule has 0 spiro atoms. The number of fused-ring (bicyclic) bond motifs is 14. The van der Waals surface area contributed by atoms with Crippen LogP contribution < -0.4 is 18.4 Å². The summed E-state index contributed by atoms with van der Waals surface area (Å²) in [6.45, 7) is 11.8. The molecule has 3 aliphatic heterocycles. The van der Waals surface area contributed by atoms with Gasteiger partial charge in [0, 0.05) is 5.57 Å². The van der Waals surface area contributed by atoms with Gasteiger partial charge in [-0.05, 0) is 51.0 Å². The number of esters is 1. The van der Waals surface area contributed by atoms with Crippen LogP contribution >= 0.6 is 0 Å². The number of carbonyl (C=O) groups excluding carboxylic acids is 5. The van der Waals surface area contributed by atoms with Gasteiger partial charge >= 0.3 is 251 Å². The Balaban J connectivity index is 1.54. The van der Waals surface area contributed by atoms with E-state index in [0.717, 1.165) is 25.3 Å². The van der Waals surface area contributed by atoms with Gasteiger partial charge in [-0.2, -0.15) is 0 Å². The van der Waals surface area contributed by atoms with E-state index >= 15 is 0 Å². The number of aliphatic hydroxyl groups excluding tert-OH is 2. The van der Waals surface area contributed by atoms with E-state index in [2.05, 4.69) is 38.2 Å². The van der Waals surface area contributed by atoms with E-state index in [9.17, 15) is 34.2 Å². The number of carbonyl (C=O) groups is 5. The van der Waals surface area contributed by atoms with Gasteiger partial charge in [0.15, 0.2) is 0 Å². The molecule has 0 aromatic heterocycles. The number of ether oxygens (including phenoxy) is 3. The molecule has 2 aromatic carbocycles. The molecule has 328 valence electrons. The number of nitrogens with one attached hydrogen (secondary N) is 1. The summed E-state index contributed by atoms with van der Waals surface area (Å²) in [7, 11) is 0. The van der Waals surface area contributed by atoms with Crippen LogP contribution in [0.25, 0.3) is 0 Å². The van der Waals surface area contributed by atoms with Gasteiger partial charge < -0.3 is 10.2 Å². The Bertz CT molecular complexity index is 2060.